The van der Waals surface area contributed by atoms with Crippen molar-refractivity contribution in [3.63, 3.8) is 0 Å². The molecule has 0 saturated carbocycles. The Hall–Kier alpha value is -2.30. The number of rotatable bonds is 6. The summed E-state index contributed by atoms with van der Waals surface area (Å²) in [4.78, 5) is 27.8. The van der Waals surface area contributed by atoms with Crippen LogP contribution in [0.4, 0.5) is 10.5 Å². The van der Waals surface area contributed by atoms with Crippen molar-refractivity contribution in [2.45, 2.75) is 32.1 Å². The first kappa shape index (κ1) is 16.6. The quantitative estimate of drug-likeness (QED) is 0.817. The number of para-hydroxylation sites is 1. The molecule has 5 nitrogen and oxygen atoms in total. The van der Waals surface area contributed by atoms with E-state index in [-0.39, 0.29) is 18.5 Å². The zero-order chi connectivity index (χ0) is 16.8. The molecular weight excluding hydrogens is 302 g/mol. The maximum Gasteiger partial charge on any atom is 0.325 e. The van der Waals surface area contributed by atoms with Gasteiger partial charge in [0, 0.05) is 25.3 Å². The van der Waals surface area contributed by atoms with Crippen molar-refractivity contribution in [3.05, 3.63) is 42.0 Å². The van der Waals surface area contributed by atoms with Crippen LogP contribution in [-0.4, -0.2) is 43.0 Å². The van der Waals surface area contributed by atoms with Gasteiger partial charge in [-0.05, 0) is 44.2 Å². The van der Waals surface area contributed by atoms with E-state index in [0.717, 1.165) is 18.5 Å². The molecule has 2 aliphatic rings. The number of nitrogens with zero attached hydrogens (tertiary/aromatic N) is 2. The molecule has 3 rings (SSSR count). The van der Waals surface area contributed by atoms with Crippen molar-refractivity contribution in [1.82, 2.24) is 10.2 Å². The predicted octanol–water partition coefficient (Wildman–Crippen LogP) is 2.94. The van der Waals surface area contributed by atoms with Crippen molar-refractivity contribution in [2.24, 2.45) is 0 Å². The molecule has 0 atom stereocenters. The normalized spacial score (nSPS) is 17.8. The molecule has 24 heavy (non-hydrogen) atoms. The number of hydrogen-bond acceptors (Lipinski definition) is 2. The van der Waals surface area contributed by atoms with E-state index in [1.165, 1.54) is 24.8 Å². The van der Waals surface area contributed by atoms with Crippen LogP contribution in [0.3, 0.4) is 0 Å². The first-order chi connectivity index (χ1) is 11.7. The van der Waals surface area contributed by atoms with Crippen LogP contribution in [0.1, 0.15) is 32.1 Å². The van der Waals surface area contributed by atoms with E-state index < -0.39 is 0 Å². The van der Waals surface area contributed by atoms with Crippen molar-refractivity contribution < 1.29 is 9.59 Å². The summed E-state index contributed by atoms with van der Waals surface area (Å²) in [6.45, 7) is 2.02. The van der Waals surface area contributed by atoms with Crippen molar-refractivity contribution in [2.75, 3.05) is 31.1 Å². The number of anilines is 1. The molecule has 1 saturated heterocycles. The molecule has 0 unspecified atom stereocenters. The Labute approximate surface area is 143 Å². The number of benzene rings is 1. The minimum atomic E-state index is -0.0914. The monoisotopic (exact) mass is 327 g/mol. The molecule has 1 aromatic carbocycles. The Morgan fingerprint density at radius 2 is 1.96 bits per heavy atom. The van der Waals surface area contributed by atoms with Crippen LogP contribution in [0.5, 0.6) is 0 Å². The Morgan fingerprint density at radius 1 is 1.12 bits per heavy atom. The Bertz CT molecular complexity index is 612. The highest BCUT2D eigenvalue weighted by Gasteiger charge is 2.30. The highest BCUT2D eigenvalue weighted by molar-refractivity contribution is 5.96. The third kappa shape index (κ3) is 4.16. The number of allylic oxidation sites excluding steroid dienone is 1. The smallest absolute Gasteiger partial charge is 0.325 e. The van der Waals surface area contributed by atoms with Gasteiger partial charge in [-0.2, -0.15) is 0 Å². The maximum atomic E-state index is 12.4. The molecule has 0 aromatic heterocycles. The van der Waals surface area contributed by atoms with Gasteiger partial charge >= 0.3 is 6.03 Å². The molecule has 5 heteroatoms. The summed E-state index contributed by atoms with van der Waals surface area (Å²) in [5.74, 6) is -0.0744. The van der Waals surface area contributed by atoms with Crippen LogP contribution in [0.15, 0.2) is 42.0 Å². The zero-order valence-electron chi connectivity index (χ0n) is 14.0. The summed E-state index contributed by atoms with van der Waals surface area (Å²) in [7, 11) is 0. The highest BCUT2D eigenvalue weighted by atomic mass is 16.2. The van der Waals surface area contributed by atoms with Gasteiger partial charge in [-0.3, -0.25) is 9.69 Å². The molecule has 1 aliphatic carbocycles. The number of amides is 3. The Balaban J connectivity index is 1.43. The lowest BCUT2D eigenvalue weighted by atomic mass is 9.97. The van der Waals surface area contributed by atoms with Gasteiger partial charge in [0.1, 0.15) is 6.54 Å². The van der Waals surface area contributed by atoms with Gasteiger partial charge in [0.15, 0.2) is 0 Å². The summed E-state index contributed by atoms with van der Waals surface area (Å²) in [5, 5.41) is 2.94. The zero-order valence-corrected chi connectivity index (χ0v) is 14.0. The fraction of sp³-hybridized carbons (Fsp3) is 0.474. The van der Waals surface area contributed by atoms with Crippen LogP contribution in [0.2, 0.25) is 0 Å². The fourth-order valence-corrected chi connectivity index (χ4v) is 3.30. The van der Waals surface area contributed by atoms with Crippen LogP contribution >= 0.6 is 0 Å². The molecular formula is C19H25N3O2. The number of carbonyl (C=O) groups is 2. The molecule has 1 aliphatic heterocycles. The number of hydrogen-bond donors (Lipinski definition) is 1. The molecule has 1 N–H and O–H groups in total. The van der Waals surface area contributed by atoms with Crippen LogP contribution < -0.4 is 10.2 Å². The first-order valence-electron chi connectivity index (χ1n) is 8.80. The molecule has 0 spiro atoms. The van der Waals surface area contributed by atoms with Gasteiger partial charge in [0.25, 0.3) is 0 Å². The minimum Gasteiger partial charge on any atom is -0.354 e. The van der Waals surface area contributed by atoms with Crippen LogP contribution in [0, 0.1) is 0 Å². The lowest BCUT2D eigenvalue weighted by molar-refractivity contribution is -0.121. The van der Waals surface area contributed by atoms with E-state index in [1.54, 1.807) is 9.80 Å². The van der Waals surface area contributed by atoms with Gasteiger partial charge in [-0.1, -0.05) is 29.8 Å². The summed E-state index contributed by atoms with van der Waals surface area (Å²) in [6, 6.07) is 9.50. The van der Waals surface area contributed by atoms with Gasteiger partial charge in [-0.15, -0.1) is 0 Å². The topological polar surface area (TPSA) is 52.7 Å². The third-order valence-electron chi connectivity index (χ3n) is 4.65. The SMILES string of the molecule is O=C(CN1CCN(c2ccccc2)C1=O)NCCC1=CCCCC1. The number of nitrogens with one attached hydrogen (secondary N) is 1. The second-order valence-corrected chi connectivity index (χ2v) is 6.40. The van der Waals surface area contributed by atoms with E-state index in [1.807, 2.05) is 30.3 Å². The third-order valence-corrected chi connectivity index (χ3v) is 4.65. The molecule has 1 fully saturated rings. The largest absolute Gasteiger partial charge is 0.354 e. The average Bonchev–Trinajstić information content (AvgIpc) is 2.97. The minimum absolute atomic E-state index is 0.0744. The summed E-state index contributed by atoms with van der Waals surface area (Å²) >= 11 is 0. The number of urea groups is 1. The summed E-state index contributed by atoms with van der Waals surface area (Å²) < 4.78 is 0. The van der Waals surface area contributed by atoms with E-state index >= 15 is 0 Å². The molecule has 0 bridgehead atoms. The summed E-state index contributed by atoms with van der Waals surface area (Å²) in [5.41, 5.74) is 2.34. The van der Waals surface area contributed by atoms with Gasteiger partial charge in [-0.25, -0.2) is 4.79 Å². The van der Waals surface area contributed by atoms with Gasteiger partial charge in [0.2, 0.25) is 5.91 Å². The molecule has 3 amide bonds. The van der Waals surface area contributed by atoms with Crippen molar-refractivity contribution >= 4 is 17.6 Å². The lowest BCUT2D eigenvalue weighted by Crippen LogP contribution is -2.40. The average molecular weight is 327 g/mol. The highest BCUT2D eigenvalue weighted by Crippen LogP contribution is 2.20. The van der Waals surface area contributed by atoms with E-state index in [4.69, 9.17) is 0 Å². The van der Waals surface area contributed by atoms with Crippen molar-refractivity contribution in [3.8, 4) is 0 Å². The van der Waals surface area contributed by atoms with E-state index in [9.17, 15) is 9.59 Å². The van der Waals surface area contributed by atoms with E-state index in [0.29, 0.717) is 19.6 Å². The second-order valence-electron chi connectivity index (χ2n) is 6.40. The predicted molar refractivity (Wildman–Crippen MR) is 94.9 cm³/mol. The molecule has 0 radical (unpaired) electrons. The first-order valence-corrected chi connectivity index (χ1v) is 8.80. The van der Waals surface area contributed by atoms with E-state index in [2.05, 4.69) is 11.4 Å². The maximum absolute atomic E-state index is 12.4. The van der Waals surface area contributed by atoms with Gasteiger partial charge < -0.3 is 10.2 Å². The lowest BCUT2D eigenvalue weighted by Gasteiger charge is -2.18. The van der Waals surface area contributed by atoms with Crippen molar-refractivity contribution in [1.29, 1.82) is 0 Å². The standard InChI is InChI=1S/C19H25N3O2/c23-18(20-12-11-16-7-3-1-4-8-16)15-21-13-14-22(19(21)24)17-9-5-2-6-10-17/h2,5-7,9-10H,1,3-4,8,11-15H2,(H,20,23). The second kappa shape index (κ2) is 7.99. The Morgan fingerprint density at radius 3 is 2.71 bits per heavy atom. The molecule has 1 heterocycles. The van der Waals surface area contributed by atoms with Crippen LogP contribution in [0.25, 0.3) is 0 Å². The Kier molecular flexibility index (Phi) is 5.51. The fourth-order valence-electron chi connectivity index (χ4n) is 3.30. The summed E-state index contributed by atoms with van der Waals surface area (Å²) in [6.07, 6.45) is 8.10. The molecule has 128 valence electrons. The molecule has 1 aromatic rings. The van der Waals surface area contributed by atoms with Gasteiger partial charge in [0.05, 0.1) is 0 Å². The van der Waals surface area contributed by atoms with Crippen LogP contribution in [-0.2, 0) is 4.79 Å². The number of carbonyl (C=O) groups excluding carboxylic acids is 2.